The van der Waals surface area contributed by atoms with E-state index >= 15 is 0 Å². The Balaban J connectivity index is 2.09. The van der Waals surface area contributed by atoms with Gasteiger partial charge in [0.05, 0.1) is 4.90 Å². The number of halogens is 1. The molecular weight excluding hydrogens is 338 g/mol. The molecule has 0 saturated carbocycles. The van der Waals surface area contributed by atoms with Gasteiger partial charge < -0.3 is 0 Å². The Labute approximate surface area is 127 Å². The van der Waals surface area contributed by atoms with Crippen LogP contribution < -0.4 is 0 Å². The van der Waals surface area contributed by atoms with Crippen molar-refractivity contribution >= 4 is 36.7 Å². The first-order chi connectivity index (χ1) is 9.59. The maximum absolute atomic E-state index is 12.9. The van der Waals surface area contributed by atoms with E-state index in [1.165, 1.54) is 0 Å². The molecule has 0 aromatic heterocycles. The molecule has 2 aromatic carbocycles. The maximum atomic E-state index is 12.9. The molecule has 3 nitrogen and oxygen atoms in total. The number of fused-ring (bicyclic) bond motifs is 1. The predicted octanol–water partition coefficient (Wildman–Crippen LogP) is 3.39. The minimum atomic E-state index is -3.42. The van der Waals surface area contributed by atoms with E-state index in [4.69, 9.17) is 0 Å². The second-order valence-corrected chi connectivity index (χ2v) is 8.28. The molecule has 2 aromatic rings. The summed E-state index contributed by atoms with van der Waals surface area (Å²) >= 11 is 3.54. The third-order valence-corrected chi connectivity index (χ3v) is 6.36. The fourth-order valence-corrected chi connectivity index (χ4v) is 5.27. The fourth-order valence-electron chi connectivity index (χ4n) is 2.67. The highest BCUT2D eigenvalue weighted by molar-refractivity contribution is 9.09. The van der Waals surface area contributed by atoms with Crippen molar-refractivity contribution in [3.8, 4) is 0 Å². The van der Waals surface area contributed by atoms with Crippen LogP contribution in [0.3, 0.4) is 0 Å². The van der Waals surface area contributed by atoms with Gasteiger partial charge in [-0.25, -0.2) is 8.42 Å². The minimum absolute atomic E-state index is 0.251. The topological polar surface area (TPSA) is 37.4 Å². The first-order valence-corrected chi connectivity index (χ1v) is 9.06. The highest BCUT2D eigenvalue weighted by atomic mass is 79.9. The van der Waals surface area contributed by atoms with E-state index in [9.17, 15) is 8.42 Å². The zero-order valence-electron chi connectivity index (χ0n) is 11.0. The third-order valence-electron chi connectivity index (χ3n) is 3.69. The van der Waals surface area contributed by atoms with Gasteiger partial charge >= 0.3 is 0 Å². The monoisotopic (exact) mass is 353 g/mol. The average molecular weight is 354 g/mol. The van der Waals surface area contributed by atoms with Crippen molar-refractivity contribution in [1.29, 1.82) is 0 Å². The van der Waals surface area contributed by atoms with Crippen molar-refractivity contribution in [2.24, 2.45) is 0 Å². The maximum Gasteiger partial charge on any atom is 0.243 e. The molecule has 3 rings (SSSR count). The lowest BCUT2D eigenvalue weighted by molar-refractivity contribution is 0.356. The van der Waals surface area contributed by atoms with Crippen LogP contribution in [0.4, 0.5) is 0 Å². The van der Waals surface area contributed by atoms with Crippen molar-refractivity contribution in [3.63, 3.8) is 0 Å². The SMILES string of the molecule is O=S(=O)(c1cccc2ccccc12)N1CCCC(Br)C1. The summed E-state index contributed by atoms with van der Waals surface area (Å²) in [5.74, 6) is 0. The van der Waals surface area contributed by atoms with Crippen molar-refractivity contribution in [3.05, 3.63) is 42.5 Å². The van der Waals surface area contributed by atoms with Gasteiger partial charge in [0.2, 0.25) is 10.0 Å². The summed E-state index contributed by atoms with van der Waals surface area (Å²) in [6.45, 7) is 1.15. The Morgan fingerprint density at radius 2 is 1.85 bits per heavy atom. The lowest BCUT2D eigenvalue weighted by Gasteiger charge is -2.29. The number of hydrogen-bond donors (Lipinski definition) is 0. The molecule has 5 heteroatoms. The van der Waals surface area contributed by atoms with Gasteiger partial charge in [-0.3, -0.25) is 0 Å². The predicted molar refractivity (Wildman–Crippen MR) is 84.7 cm³/mol. The molecular formula is C15H16BrNO2S. The number of alkyl halides is 1. The third kappa shape index (κ3) is 2.50. The molecule has 1 unspecified atom stereocenters. The first kappa shape index (κ1) is 14.0. The summed E-state index contributed by atoms with van der Waals surface area (Å²) in [5, 5.41) is 1.76. The summed E-state index contributed by atoms with van der Waals surface area (Å²) in [6, 6.07) is 13.1. The molecule has 0 amide bonds. The molecule has 1 aliphatic heterocycles. The van der Waals surface area contributed by atoms with E-state index < -0.39 is 10.0 Å². The average Bonchev–Trinajstić information content (AvgIpc) is 2.46. The van der Waals surface area contributed by atoms with Gasteiger partial charge in [-0.1, -0.05) is 52.3 Å². The Morgan fingerprint density at radius 3 is 2.65 bits per heavy atom. The highest BCUT2D eigenvalue weighted by Crippen LogP contribution is 2.28. The largest absolute Gasteiger partial charge is 0.243 e. The Morgan fingerprint density at radius 1 is 1.10 bits per heavy atom. The standard InChI is InChI=1S/C15H16BrNO2S/c16-13-7-4-10-17(11-13)20(18,19)15-9-3-6-12-5-1-2-8-14(12)15/h1-3,5-6,8-9,13H,4,7,10-11H2. The van der Waals surface area contributed by atoms with E-state index in [0.29, 0.717) is 18.0 Å². The van der Waals surface area contributed by atoms with Gasteiger partial charge in [0.1, 0.15) is 0 Å². The summed E-state index contributed by atoms with van der Waals surface area (Å²) in [4.78, 5) is 0.665. The number of sulfonamides is 1. The molecule has 1 atom stereocenters. The fraction of sp³-hybridized carbons (Fsp3) is 0.333. The number of hydrogen-bond acceptors (Lipinski definition) is 2. The van der Waals surface area contributed by atoms with Crippen LogP contribution in [0.25, 0.3) is 10.8 Å². The van der Waals surface area contributed by atoms with Gasteiger partial charge in [0.15, 0.2) is 0 Å². The number of piperidine rings is 1. The summed E-state index contributed by atoms with van der Waals surface area (Å²) in [5.41, 5.74) is 0. The molecule has 20 heavy (non-hydrogen) atoms. The molecule has 0 spiro atoms. The normalized spacial score (nSPS) is 21.1. The highest BCUT2D eigenvalue weighted by Gasteiger charge is 2.30. The van der Waals surface area contributed by atoms with E-state index in [1.54, 1.807) is 10.4 Å². The van der Waals surface area contributed by atoms with Crippen LogP contribution in [0.1, 0.15) is 12.8 Å². The van der Waals surface area contributed by atoms with Gasteiger partial charge in [0, 0.05) is 23.3 Å². The lowest BCUT2D eigenvalue weighted by Crippen LogP contribution is -2.40. The van der Waals surface area contributed by atoms with Crippen molar-refractivity contribution < 1.29 is 8.42 Å². The van der Waals surface area contributed by atoms with Crippen LogP contribution in [0.15, 0.2) is 47.4 Å². The second kappa shape index (κ2) is 5.47. The van der Waals surface area contributed by atoms with Gasteiger partial charge in [-0.15, -0.1) is 0 Å². The first-order valence-electron chi connectivity index (χ1n) is 6.71. The minimum Gasteiger partial charge on any atom is -0.207 e. The van der Waals surface area contributed by atoms with Crippen LogP contribution in [0.5, 0.6) is 0 Å². The molecule has 1 aliphatic rings. The van der Waals surface area contributed by atoms with Gasteiger partial charge in [-0.05, 0) is 24.3 Å². The van der Waals surface area contributed by atoms with E-state index in [0.717, 1.165) is 23.6 Å². The molecule has 1 fully saturated rings. The van der Waals surface area contributed by atoms with Crippen molar-refractivity contribution in [2.75, 3.05) is 13.1 Å². The molecule has 0 bridgehead atoms. The second-order valence-electron chi connectivity index (χ2n) is 5.08. The number of rotatable bonds is 2. The zero-order chi connectivity index (χ0) is 14.2. The molecule has 106 valence electrons. The summed E-state index contributed by atoms with van der Waals surface area (Å²) in [6.07, 6.45) is 1.93. The van der Waals surface area contributed by atoms with Crippen LogP contribution in [0, 0.1) is 0 Å². The Bertz CT molecular complexity index is 724. The van der Waals surface area contributed by atoms with E-state index in [2.05, 4.69) is 15.9 Å². The number of nitrogens with zero attached hydrogens (tertiary/aromatic N) is 1. The van der Waals surface area contributed by atoms with Gasteiger partial charge in [0.25, 0.3) is 0 Å². The summed E-state index contributed by atoms with van der Waals surface area (Å²) < 4.78 is 27.3. The Kier molecular flexibility index (Phi) is 3.84. The van der Waals surface area contributed by atoms with Crippen LogP contribution in [0.2, 0.25) is 0 Å². The zero-order valence-corrected chi connectivity index (χ0v) is 13.4. The molecule has 0 aliphatic carbocycles. The van der Waals surface area contributed by atoms with E-state index in [1.807, 2.05) is 36.4 Å². The van der Waals surface area contributed by atoms with Crippen molar-refractivity contribution in [1.82, 2.24) is 4.31 Å². The molecule has 0 N–H and O–H groups in total. The smallest absolute Gasteiger partial charge is 0.207 e. The summed E-state index contributed by atoms with van der Waals surface area (Å²) in [7, 11) is -3.42. The molecule has 0 radical (unpaired) electrons. The molecule has 1 heterocycles. The van der Waals surface area contributed by atoms with Crippen LogP contribution >= 0.6 is 15.9 Å². The number of benzene rings is 2. The van der Waals surface area contributed by atoms with Crippen LogP contribution in [-0.2, 0) is 10.0 Å². The van der Waals surface area contributed by atoms with E-state index in [-0.39, 0.29) is 4.83 Å². The lowest BCUT2D eigenvalue weighted by atomic mass is 10.1. The molecule has 1 saturated heterocycles. The quantitative estimate of drug-likeness (QED) is 0.776. The van der Waals surface area contributed by atoms with Gasteiger partial charge in [-0.2, -0.15) is 4.31 Å². The Hall–Kier alpha value is -0.910. The van der Waals surface area contributed by atoms with Crippen molar-refractivity contribution in [2.45, 2.75) is 22.6 Å². The van der Waals surface area contributed by atoms with Crippen LogP contribution in [-0.4, -0.2) is 30.6 Å².